The number of carbonyl (C=O) groups is 1. The van der Waals surface area contributed by atoms with Gasteiger partial charge in [-0.3, -0.25) is 4.79 Å². The van der Waals surface area contributed by atoms with Crippen LogP contribution < -0.4 is 10.1 Å². The summed E-state index contributed by atoms with van der Waals surface area (Å²) in [6.45, 7) is 0.547. The predicted molar refractivity (Wildman–Crippen MR) is 112 cm³/mol. The maximum absolute atomic E-state index is 13.2. The minimum Gasteiger partial charge on any atom is -0.475 e. The van der Waals surface area contributed by atoms with Crippen LogP contribution in [0.4, 0.5) is 4.39 Å². The van der Waals surface area contributed by atoms with Crippen molar-refractivity contribution in [1.82, 2.24) is 30.1 Å². The van der Waals surface area contributed by atoms with Crippen LogP contribution in [-0.2, 0) is 0 Å². The van der Waals surface area contributed by atoms with Crippen LogP contribution in [0.15, 0.2) is 66.9 Å². The van der Waals surface area contributed by atoms with E-state index in [1.165, 1.54) is 16.6 Å². The molecule has 0 aliphatic carbocycles. The van der Waals surface area contributed by atoms with Crippen molar-refractivity contribution in [3.05, 3.63) is 78.2 Å². The number of ether oxygens (including phenoxy) is 1. The van der Waals surface area contributed by atoms with Gasteiger partial charge in [-0.25, -0.2) is 4.39 Å². The van der Waals surface area contributed by atoms with Gasteiger partial charge in [0, 0.05) is 28.7 Å². The number of carbonyl (C=O) groups excluding carboxylic acids is 1. The van der Waals surface area contributed by atoms with Gasteiger partial charge in [0.05, 0.1) is 12.1 Å². The number of hydrogen-bond acceptors (Lipinski definition) is 5. The summed E-state index contributed by atoms with van der Waals surface area (Å²) in [6.07, 6.45) is 1.69. The molecule has 0 saturated heterocycles. The van der Waals surface area contributed by atoms with Crippen molar-refractivity contribution in [1.29, 1.82) is 0 Å². The lowest BCUT2D eigenvalue weighted by molar-refractivity contribution is 0.0948. The van der Waals surface area contributed by atoms with E-state index < -0.39 is 0 Å². The average molecular weight is 416 g/mol. The highest BCUT2D eigenvalue weighted by Gasteiger charge is 2.12. The highest BCUT2D eigenvalue weighted by molar-refractivity contribution is 6.06. The molecule has 5 aromatic rings. The molecule has 9 heteroatoms. The van der Waals surface area contributed by atoms with E-state index in [0.717, 1.165) is 10.9 Å². The van der Waals surface area contributed by atoms with Gasteiger partial charge in [0.15, 0.2) is 11.5 Å². The fraction of sp³-hybridized carbons (Fsp3) is 0.0909. The second-order valence-corrected chi connectivity index (χ2v) is 6.82. The lowest BCUT2D eigenvalue weighted by Gasteiger charge is -2.07. The number of benzene rings is 2. The number of fused-ring (bicyclic) bond motifs is 2. The van der Waals surface area contributed by atoms with Crippen molar-refractivity contribution >= 4 is 22.5 Å². The van der Waals surface area contributed by atoms with Crippen molar-refractivity contribution in [3.8, 4) is 17.3 Å². The van der Waals surface area contributed by atoms with Crippen LogP contribution in [0.25, 0.3) is 27.9 Å². The van der Waals surface area contributed by atoms with Crippen molar-refractivity contribution < 1.29 is 13.9 Å². The molecule has 3 aromatic heterocycles. The van der Waals surface area contributed by atoms with Crippen LogP contribution in [-0.4, -0.2) is 43.9 Å². The van der Waals surface area contributed by atoms with Crippen LogP contribution >= 0.6 is 0 Å². The second-order valence-electron chi connectivity index (χ2n) is 6.82. The molecule has 0 aliphatic heterocycles. The van der Waals surface area contributed by atoms with Gasteiger partial charge in [0.2, 0.25) is 5.88 Å². The molecular weight excluding hydrogens is 399 g/mol. The Morgan fingerprint density at radius 3 is 2.77 bits per heavy atom. The third kappa shape index (κ3) is 3.68. The first kappa shape index (κ1) is 18.7. The molecule has 0 bridgehead atoms. The number of rotatable bonds is 6. The van der Waals surface area contributed by atoms with E-state index in [1.54, 1.807) is 30.5 Å². The fourth-order valence-electron chi connectivity index (χ4n) is 3.30. The summed E-state index contributed by atoms with van der Waals surface area (Å²) in [5.74, 6) is 0.330. The SMILES string of the molecule is O=C(NCCOc1ccc2nnc(-c3ccc(F)cc3)n2n1)c1c[nH]c2ccccc12. The van der Waals surface area contributed by atoms with E-state index in [2.05, 4.69) is 25.6 Å². The Hall–Kier alpha value is -4.27. The molecule has 0 atom stereocenters. The van der Waals surface area contributed by atoms with Gasteiger partial charge in [-0.05, 0) is 36.4 Å². The lowest BCUT2D eigenvalue weighted by atomic mass is 10.1. The Balaban J connectivity index is 1.24. The zero-order chi connectivity index (χ0) is 21.2. The molecule has 2 N–H and O–H groups in total. The van der Waals surface area contributed by atoms with Gasteiger partial charge in [-0.1, -0.05) is 18.2 Å². The quantitative estimate of drug-likeness (QED) is 0.414. The molecule has 0 unspecified atom stereocenters. The summed E-state index contributed by atoms with van der Waals surface area (Å²) in [7, 11) is 0. The highest BCUT2D eigenvalue weighted by Crippen LogP contribution is 2.20. The zero-order valence-corrected chi connectivity index (χ0v) is 16.2. The molecule has 2 aromatic carbocycles. The monoisotopic (exact) mass is 416 g/mol. The summed E-state index contributed by atoms with van der Waals surface area (Å²) in [4.78, 5) is 15.5. The molecule has 5 rings (SSSR count). The average Bonchev–Trinajstić information content (AvgIpc) is 3.41. The van der Waals surface area contributed by atoms with Crippen molar-refractivity contribution in [3.63, 3.8) is 0 Å². The largest absolute Gasteiger partial charge is 0.475 e. The zero-order valence-electron chi connectivity index (χ0n) is 16.2. The summed E-state index contributed by atoms with van der Waals surface area (Å²) >= 11 is 0. The van der Waals surface area contributed by atoms with Crippen LogP contribution in [0, 0.1) is 5.82 Å². The van der Waals surface area contributed by atoms with E-state index in [4.69, 9.17) is 4.74 Å². The maximum Gasteiger partial charge on any atom is 0.253 e. The molecule has 31 heavy (non-hydrogen) atoms. The minimum absolute atomic E-state index is 0.179. The van der Waals surface area contributed by atoms with Gasteiger partial charge < -0.3 is 15.0 Å². The highest BCUT2D eigenvalue weighted by atomic mass is 19.1. The van der Waals surface area contributed by atoms with Crippen LogP contribution in [0.5, 0.6) is 5.88 Å². The Bertz CT molecular complexity index is 1380. The number of H-pyrrole nitrogens is 1. The molecule has 154 valence electrons. The van der Waals surface area contributed by atoms with Crippen molar-refractivity contribution in [2.24, 2.45) is 0 Å². The predicted octanol–water partition coefficient (Wildman–Crippen LogP) is 3.22. The first-order chi connectivity index (χ1) is 15.2. The number of aromatic nitrogens is 5. The van der Waals surface area contributed by atoms with Gasteiger partial charge in [-0.2, -0.15) is 4.52 Å². The lowest BCUT2D eigenvalue weighted by Crippen LogP contribution is -2.28. The van der Waals surface area contributed by atoms with E-state index >= 15 is 0 Å². The van der Waals surface area contributed by atoms with Gasteiger partial charge in [0.25, 0.3) is 5.91 Å². The number of para-hydroxylation sites is 1. The van der Waals surface area contributed by atoms with Gasteiger partial charge in [0.1, 0.15) is 12.4 Å². The maximum atomic E-state index is 13.2. The number of nitrogens with one attached hydrogen (secondary N) is 2. The van der Waals surface area contributed by atoms with E-state index in [9.17, 15) is 9.18 Å². The third-order valence-electron chi connectivity index (χ3n) is 4.81. The molecule has 0 radical (unpaired) electrons. The molecule has 0 fully saturated rings. The minimum atomic E-state index is -0.329. The summed E-state index contributed by atoms with van der Waals surface area (Å²) in [5.41, 5.74) is 2.72. The standard InChI is InChI=1S/C22H17FN6O2/c23-15-7-5-14(6-8-15)21-27-26-19-9-10-20(28-29(19)21)31-12-11-24-22(30)17-13-25-18-4-2-1-3-16(17)18/h1-10,13,25H,11-12H2,(H,24,30). The molecule has 0 aliphatic rings. The summed E-state index contributed by atoms with van der Waals surface area (Å²) in [6, 6.07) is 17.0. The van der Waals surface area contributed by atoms with E-state index in [0.29, 0.717) is 35.0 Å². The molecule has 0 spiro atoms. The summed E-state index contributed by atoms with van der Waals surface area (Å²) < 4.78 is 20.4. The van der Waals surface area contributed by atoms with Crippen LogP contribution in [0.2, 0.25) is 0 Å². The topological polar surface area (TPSA) is 97.2 Å². The molecule has 3 heterocycles. The number of hydrogen-bond donors (Lipinski definition) is 2. The Morgan fingerprint density at radius 2 is 1.90 bits per heavy atom. The fourth-order valence-corrected chi connectivity index (χ4v) is 3.30. The number of halogens is 1. The number of aromatic amines is 1. The Labute approximate surface area is 175 Å². The van der Waals surface area contributed by atoms with Crippen molar-refractivity contribution in [2.45, 2.75) is 0 Å². The Kier molecular flexibility index (Phi) is 4.75. The normalized spacial score (nSPS) is 11.1. The smallest absolute Gasteiger partial charge is 0.253 e. The number of amides is 1. The molecular formula is C22H17FN6O2. The van der Waals surface area contributed by atoms with Crippen molar-refractivity contribution in [2.75, 3.05) is 13.2 Å². The first-order valence-electron chi connectivity index (χ1n) is 9.64. The molecule has 1 amide bonds. The third-order valence-corrected chi connectivity index (χ3v) is 4.81. The first-order valence-corrected chi connectivity index (χ1v) is 9.64. The second kappa shape index (κ2) is 7.86. The summed E-state index contributed by atoms with van der Waals surface area (Å²) in [5, 5.41) is 16.3. The van der Waals surface area contributed by atoms with E-state index in [-0.39, 0.29) is 18.3 Å². The Morgan fingerprint density at radius 1 is 1.06 bits per heavy atom. The molecule has 0 saturated carbocycles. The van der Waals surface area contributed by atoms with Gasteiger partial charge in [-0.15, -0.1) is 15.3 Å². The van der Waals surface area contributed by atoms with Crippen LogP contribution in [0.1, 0.15) is 10.4 Å². The van der Waals surface area contributed by atoms with Gasteiger partial charge >= 0.3 is 0 Å². The van der Waals surface area contributed by atoms with Crippen LogP contribution in [0.3, 0.4) is 0 Å². The van der Waals surface area contributed by atoms with E-state index in [1.807, 2.05) is 24.3 Å². The molecule has 8 nitrogen and oxygen atoms in total. The number of nitrogens with zero attached hydrogens (tertiary/aromatic N) is 4.